The summed E-state index contributed by atoms with van der Waals surface area (Å²) in [4.78, 5) is 0. The SMILES string of the molecule is CC(O)CC1(O)C=CC(C(C)(C)C2=CCC(O)(CCO)C=C2)=CC1. The van der Waals surface area contributed by atoms with Crippen molar-refractivity contribution in [2.24, 2.45) is 5.41 Å². The summed E-state index contributed by atoms with van der Waals surface area (Å²) < 4.78 is 0. The van der Waals surface area contributed by atoms with E-state index >= 15 is 0 Å². The largest absolute Gasteiger partial charge is 0.396 e. The Kier molecular flexibility index (Phi) is 5.55. The molecule has 2 aliphatic carbocycles. The summed E-state index contributed by atoms with van der Waals surface area (Å²) in [6.45, 7) is 5.88. The van der Waals surface area contributed by atoms with E-state index in [1.807, 2.05) is 24.3 Å². The zero-order valence-electron chi connectivity index (χ0n) is 14.9. The lowest BCUT2D eigenvalue weighted by atomic mass is 9.71. The quantitative estimate of drug-likeness (QED) is 0.601. The van der Waals surface area contributed by atoms with Crippen molar-refractivity contribution in [1.29, 1.82) is 0 Å². The second-order valence-corrected chi connectivity index (χ2v) is 7.75. The van der Waals surface area contributed by atoms with Crippen LogP contribution in [0.2, 0.25) is 0 Å². The van der Waals surface area contributed by atoms with Crippen LogP contribution >= 0.6 is 0 Å². The Morgan fingerprint density at radius 1 is 1.04 bits per heavy atom. The van der Waals surface area contributed by atoms with Crippen LogP contribution in [-0.2, 0) is 0 Å². The van der Waals surface area contributed by atoms with Crippen molar-refractivity contribution in [3.63, 3.8) is 0 Å². The van der Waals surface area contributed by atoms with E-state index in [0.29, 0.717) is 25.7 Å². The highest BCUT2D eigenvalue weighted by Crippen LogP contribution is 2.42. The van der Waals surface area contributed by atoms with Gasteiger partial charge >= 0.3 is 0 Å². The predicted octanol–water partition coefficient (Wildman–Crippen LogP) is 2.40. The molecular weight excluding hydrogens is 304 g/mol. The normalized spacial score (nSPS) is 31.6. The second kappa shape index (κ2) is 6.96. The van der Waals surface area contributed by atoms with Crippen LogP contribution in [-0.4, -0.2) is 44.3 Å². The molecule has 0 bridgehead atoms. The first-order valence-corrected chi connectivity index (χ1v) is 8.64. The summed E-state index contributed by atoms with van der Waals surface area (Å²) in [7, 11) is 0. The summed E-state index contributed by atoms with van der Waals surface area (Å²) in [5.41, 5.74) is 0.0529. The van der Waals surface area contributed by atoms with E-state index in [0.717, 1.165) is 11.1 Å². The zero-order chi connectivity index (χ0) is 18.0. The number of rotatable bonds is 6. The molecule has 4 nitrogen and oxygen atoms in total. The molecule has 0 saturated heterocycles. The van der Waals surface area contributed by atoms with Crippen LogP contribution < -0.4 is 0 Å². The molecule has 0 fully saturated rings. The molecule has 2 rings (SSSR count). The van der Waals surface area contributed by atoms with Crippen molar-refractivity contribution in [3.05, 3.63) is 47.6 Å². The standard InChI is InChI=1S/C20H30O4/c1-15(22)14-20(24)10-6-17(7-11-20)18(2,3)16-4-8-19(23,9-5-16)12-13-21/h4-8,10,15,21-24H,9,11-14H2,1-3H3. The minimum Gasteiger partial charge on any atom is -0.396 e. The minimum atomic E-state index is -0.980. The third-order valence-corrected chi connectivity index (χ3v) is 5.13. The lowest BCUT2D eigenvalue weighted by molar-refractivity contribution is 0.0340. The van der Waals surface area contributed by atoms with Gasteiger partial charge < -0.3 is 20.4 Å². The van der Waals surface area contributed by atoms with Crippen LogP contribution in [0.15, 0.2) is 47.6 Å². The van der Waals surface area contributed by atoms with Crippen LogP contribution in [0.3, 0.4) is 0 Å². The minimum absolute atomic E-state index is 0.0385. The van der Waals surface area contributed by atoms with E-state index in [1.54, 1.807) is 19.1 Å². The maximum Gasteiger partial charge on any atom is 0.0889 e. The fraction of sp³-hybridized carbons (Fsp3) is 0.600. The van der Waals surface area contributed by atoms with Gasteiger partial charge in [-0.3, -0.25) is 0 Å². The summed E-state index contributed by atoms with van der Waals surface area (Å²) in [5.74, 6) is 0. The van der Waals surface area contributed by atoms with E-state index in [2.05, 4.69) is 13.8 Å². The molecule has 3 unspecified atom stereocenters. The molecule has 0 aromatic rings. The predicted molar refractivity (Wildman–Crippen MR) is 95.4 cm³/mol. The molecule has 24 heavy (non-hydrogen) atoms. The maximum absolute atomic E-state index is 10.5. The highest BCUT2D eigenvalue weighted by molar-refractivity contribution is 5.44. The van der Waals surface area contributed by atoms with Crippen LogP contribution in [0, 0.1) is 5.41 Å². The second-order valence-electron chi connectivity index (χ2n) is 7.75. The smallest absolute Gasteiger partial charge is 0.0889 e. The monoisotopic (exact) mass is 334 g/mol. The molecule has 0 aromatic carbocycles. The van der Waals surface area contributed by atoms with Crippen LogP contribution in [0.25, 0.3) is 0 Å². The van der Waals surface area contributed by atoms with Gasteiger partial charge in [-0.2, -0.15) is 0 Å². The molecular formula is C20H30O4. The Labute approximate surface area is 144 Å². The Morgan fingerprint density at radius 3 is 1.92 bits per heavy atom. The van der Waals surface area contributed by atoms with Gasteiger partial charge in [0.15, 0.2) is 0 Å². The summed E-state index contributed by atoms with van der Waals surface area (Å²) >= 11 is 0. The molecule has 4 N–H and O–H groups in total. The molecule has 0 aliphatic heterocycles. The van der Waals surface area contributed by atoms with E-state index in [9.17, 15) is 15.3 Å². The lowest BCUT2D eigenvalue weighted by Gasteiger charge is -2.36. The van der Waals surface area contributed by atoms with E-state index < -0.39 is 17.3 Å². The van der Waals surface area contributed by atoms with Crippen LogP contribution in [0.5, 0.6) is 0 Å². The number of hydrogen-bond donors (Lipinski definition) is 4. The highest BCUT2D eigenvalue weighted by atomic mass is 16.3. The van der Waals surface area contributed by atoms with Gasteiger partial charge in [-0.05, 0) is 30.9 Å². The van der Waals surface area contributed by atoms with E-state index in [-0.39, 0.29) is 12.0 Å². The van der Waals surface area contributed by atoms with Crippen molar-refractivity contribution in [2.45, 2.75) is 63.8 Å². The maximum atomic E-state index is 10.5. The molecule has 2 aliphatic rings. The molecule has 0 radical (unpaired) electrons. The molecule has 0 amide bonds. The highest BCUT2D eigenvalue weighted by Gasteiger charge is 2.34. The Bertz CT molecular complexity index is 582. The van der Waals surface area contributed by atoms with Crippen molar-refractivity contribution in [2.75, 3.05) is 6.61 Å². The lowest BCUT2D eigenvalue weighted by Crippen LogP contribution is -2.33. The van der Waals surface area contributed by atoms with E-state index in [4.69, 9.17) is 5.11 Å². The number of aliphatic hydroxyl groups excluding tert-OH is 2. The fourth-order valence-electron chi connectivity index (χ4n) is 3.47. The number of hydrogen-bond acceptors (Lipinski definition) is 4. The van der Waals surface area contributed by atoms with Gasteiger partial charge in [0.05, 0.1) is 17.3 Å². The average molecular weight is 334 g/mol. The van der Waals surface area contributed by atoms with Gasteiger partial charge in [0.1, 0.15) is 0 Å². The van der Waals surface area contributed by atoms with Gasteiger partial charge in [0, 0.05) is 24.9 Å². The van der Waals surface area contributed by atoms with Crippen LogP contribution in [0.4, 0.5) is 0 Å². The topological polar surface area (TPSA) is 80.9 Å². The molecule has 134 valence electrons. The van der Waals surface area contributed by atoms with Gasteiger partial charge in [0.25, 0.3) is 0 Å². The van der Waals surface area contributed by atoms with Crippen molar-refractivity contribution < 1.29 is 20.4 Å². The van der Waals surface area contributed by atoms with E-state index in [1.165, 1.54) is 0 Å². The molecule has 0 heterocycles. The van der Waals surface area contributed by atoms with Crippen LogP contribution in [0.1, 0.15) is 46.5 Å². The fourth-order valence-corrected chi connectivity index (χ4v) is 3.47. The first kappa shape index (κ1) is 19.1. The molecule has 0 aromatic heterocycles. The Morgan fingerprint density at radius 2 is 1.54 bits per heavy atom. The third-order valence-electron chi connectivity index (χ3n) is 5.13. The van der Waals surface area contributed by atoms with Gasteiger partial charge in [-0.15, -0.1) is 0 Å². The number of allylic oxidation sites excluding steroid dienone is 4. The van der Waals surface area contributed by atoms with Gasteiger partial charge in [0.2, 0.25) is 0 Å². The summed E-state index contributed by atoms with van der Waals surface area (Å²) in [6, 6.07) is 0. The zero-order valence-corrected chi connectivity index (χ0v) is 14.9. The van der Waals surface area contributed by atoms with Gasteiger partial charge in [-0.25, -0.2) is 0 Å². The Balaban J connectivity index is 2.12. The van der Waals surface area contributed by atoms with Crippen molar-refractivity contribution in [1.82, 2.24) is 0 Å². The molecule has 4 heteroatoms. The average Bonchev–Trinajstić information content (AvgIpc) is 2.47. The summed E-state index contributed by atoms with van der Waals surface area (Å²) in [6.07, 6.45) is 12.6. The molecule has 0 saturated carbocycles. The molecule has 3 atom stereocenters. The van der Waals surface area contributed by atoms with Crippen molar-refractivity contribution >= 4 is 0 Å². The van der Waals surface area contributed by atoms with Crippen molar-refractivity contribution in [3.8, 4) is 0 Å². The molecule has 0 spiro atoms. The third kappa shape index (κ3) is 4.25. The van der Waals surface area contributed by atoms with Gasteiger partial charge in [-0.1, -0.05) is 50.3 Å². The Hall–Kier alpha value is -1.20. The first-order chi connectivity index (χ1) is 11.1. The summed E-state index contributed by atoms with van der Waals surface area (Å²) in [5, 5.41) is 39.4. The first-order valence-electron chi connectivity index (χ1n) is 8.64. The number of aliphatic hydroxyl groups is 4.